The highest BCUT2D eigenvalue weighted by Gasteiger charge is 2.03. The van der Waals surface area contributed by atoms with Gasteiger partial charge in [-0.3, -0.25) is 4.99 Å². The lowest BCUT2D eigenvalue weighted by molar-refractivity contribution is 0.371. The first-order valence-electron chi connectivity index (χ1n) is 6.55. The van der Waals surface area contributed by atoms with E-state index in [1.165, 1.54) is 5.56 Å². The van der Waals surface area contributed by atoms with Gasteiger partial charge in [-0.15, -0.1) is 0 Å². The van der Waals surface area contributed by atoms with E-state index in [2.05, 4.69) is 37.9 Å². The first-order chi connectivity index (χ1) is 9.78. The second-order valence-electron chi connectivity index (χ2n) is 4.32. The lowest BCUT2D eigenvalue weighted by Crippen LogP contribution is -2.37. The summed E-state index contributed by atoms with van der Waals surface area (Å²) in [5.74, 6) is 1.90. The molecule has 0 aliphatic rings. The minimum Gasteiger partial charge on any atom is -0.356 e. The van der Waals surface area contributed by atoms with Gasteiger partial charge in [-0.25, -0.2) is 0 Å². The summed E-state index contributed by atoms with van der Waals surface area (Å²) in [5.41, 5.74) is 1.29. The van der Waals surface area contributed by atoms with Gasteiger partial charge in [0.1, 0.15) is 0 Å². The summed E-state index contributed by atoms with van der Waals surface area (Å²) in [5, 5.41) is 10.1. The van der Waals surface area contributed by atoms with Crippen LogP contribution in [-0.2, 0) is 13.0 Å². The summed E-state index contributed by atoms with van der Waals surface area (Å²) in [7, 11) is 1.73. The highest BCUT2D eigenvalue weighted by Crippen LogP contribution is 1.98. The molecule has 0 saturated carbocycles. The van der Waals surface area contributed by atoms with Crippen LogP contribution in [0.5, 0.6) is 0 Å². The van der Waals surface area contributed by atoms with Gasteiger partial charge in [0.25, 0.3) is 0 Å². The number of aromatic nitrogens is 2. The van der Waals surface area contributed by atoms with E-state index in [-0.39, 0.29) is 0 Å². The van der Waals surface area contributed by atoms with Crippen LogP contribution < -0.4 is 10.6 Å². The Labute approximate surface area is 118 Å². The fourth-order valence-electron chi connectivity index (χ4n) is 1.76. The van der Waals surface area contributed by atoms with E-state index in [1.54, 1.807) is 14.0 Å². The maximum absolute atomic E-state index is 5.03. The average Bonchev–Trinajstić information content (AvgIpc) is 2.89. The molecule has 0 saturated heterocycles. The molecule has 0 aliphatic carbocycles. The van der Waals surface area contributed by atoms with Gasteiger partial charge in [0.2, 0.25) is 5.89 Å². The molecule has 0 aliphatic heterocycles. The predicted octanol–water partition coefficient (Wildman–Crippen LogP) is 1.29. The summed E-state index contributed by atoms with van der Waals surface area (Å²) < 4.78 is 5.03. The van der Waals surface area contributed by atoms with E-state index in [0.717, 1.165) is 18.9 Å². The quantitative estimate of drug-likeness (QED) is 0.634. The zero-order valence-corrected chi connectivity index (χ0v) is 11.8. The standard InChI is InChI=1S/C14H19N5O/c1-11-18-13(20-19-11)10-17-14(15-2)16-9-8-12-6-4-3-5-7-12/h3-7H,8-10H2,1-2H3,(H2,15,16,17). The van der Waals surface area contributed by atoms with Crippen LogP contribution in [0.3, 0.4) is 0 Å². The molecule has 0 bridgehead atoms. The van der Waals surface area contributed by atoms with Crippen LogP contribution in [0.4, 0.5) is 0 Å². The van der Waals surface area contributed by atoms with Gasteiger partial charge in [0, 0.05) is 13.6 Å². The molecule has 0 fully saturated rings. The van der Waals surface area contributed by atoms with Crippen molar-refractivity contribution in [2.24, 2.45) is 4.99 Å². The zero-order chi connectivity index (χ0) is 14.2. The van der Waals surface area contributed by atoms with Gasteiger partial charge >= 0.3 is 0 Å². The highest BCUT2D eigenvalue weighted by atomic mass is 16.5. The Bertz CT molecular complexity index is 550. The Morgan fingerprint density at radius 1 is 1.25 bits per heavy atom. The van der Waals surface area contributed by atoms with Crippen LogP contribution in [0.15, 0.2) is 39.8 Å². The number of aliphatic imine (C=N–C) groups is 1. The van der Waals surface area contributed by atoms with Crippen molar-refractivity contribution in [3.8, 4) is 0 Å². The van der Waals surface area contributed by atoms with E-state index in [9.17, 15) is 0 Å². The molecule has 0 spiro atoms. The van der Waals surface area contributed by atoms with Gasteiger partial charge in [0.15, 0.2) is 11.8 Å². The van der Waals surface area contributed by atoms with Gasteiger partial charge in [-0.2, -0.15) is 4.98 Å². The molecule has 6 nitrogen and oxygen atoms in total. The molecule has 1 heterocycles. The molecule has 0 radical (unpaired) electrons. The molecule has 2 aromatic rings. The summed E-state index contributed by atoms with van der Waals surface area (Å²) in [6.07, 6.45) is 0.946. The van der Waals surface area contributed by atoms with Crippen molar-refractivity contribution < 1.29 is 4.52 Å². The molecular formula is C14H19N5O. The zero-order valence-electron chi connectivity index (χ0n) is 11.8. The lowest BCUT2D eigenvalue weighted by atomic mass is 10.1. The summed E-state index contributed by atoms with van der Waals surface area (Å²) in [6.45, 7) is 3.07. The molecule has 106 valence electrons. The van der Waals surface area contributed by atoms with Gasteiger partial charge in [0.05, 0.1) is 6.54 Å². The number of guanidine groups is 1. The molecule has 0 unspecified atom stereocenters. The topological polar surface area (TPSA) is 75.3 Å². The molecule has 1 aromatic carbocycles. The Balaban J connectivity index is 1.73. The van der Waals surface area contributed by atoms with Crippen molar-refractivity contribution in [1.29, 1.82) is 0 Å². The molecule has 0 amide bonds. The Kier molecular flexibility index (Phi) is 5.11. The van der Waals surface area contributed by atoms with Crippen LogP contribution in [-0.4, -0.2) is 29.7 Å². The fraction of sp³-hybridized carbons (Fsp3) is 0.357. The Morgan fingerprint density at radius 3 is 2.70 bits per heavy atom. The van der Waals surface area contributed by atoms with Crippen LogP contribution in [0.1, 0.15) is 17.3 Å². The minimum absolute atomic E-state index is 0.464. The van der Waals surface area contributed by atoms with E-state index in [4.69, 9.17) is 4.52 Å². The van der Waals surface area contributed by atoms with Crippen molar-refractivity contribution in [2.75, 3.05) is 13.6 Å². The SMILES string of the molecule is CN=C(NCCc1ccccc1)NCc1nc(C)no1. The molecule has 20 heavy (non-hydrogen) atoms. The fourth-order valence-corrected chi connectivity index (χ4v) is 1.76. The van der Waals surface area contributed by atoms with Gasteiger partial charge in [-0.1, -0.05) is 35.5 Å². The summed E-state index contributed by atoms with van der Waals surface area (Å²) >= 11 is 0. The second kappa shape index (κ2) is 7.28. The smallest absolute Gasteiger partial charge is 0.246 e. The average molecular weight is 273 g/mol. The van der Waals surface area contributed by atoms with Gasteiger partial charge in [-0.05, 0) is 18.9 Å². The van der Waals surface area contributed by atoms with Crippen molar-refractivity contribution in [3.63, 3.8) is 0 Å². The Hall–Kier alpha value is -2.37. The Morgan fingerprint density at radius 2 is 2.05 bits per heavy atom. The molecule has 2 rings (SSSR count). The highest BCUT2D eigenvalue weighted by molar-refractivity contribution is 5.79. The molecule has 2 N–H and O–H groups in total. The number of hydrogen-bond acceptors (Lipinski definition) is 4. The van der Waals surface area contributed by atoms with Crippen molar-refractivity contribution in [1.82, 2.24) is 20.8 Å². The second-order valence-corrected chi connectivity index (χ2v) is 4.32. The lowest BCUT2D eigenvalue weighted by Gasteiger charge is -2.10. The summed E-state index contributed by atoms with van der Waals surface area (Å²) in [6, 6.07) is 10.3. The molecular weight excluding hydrogens is 254 g/mol. The predicted molar refractivity (Wildman–Crippen MR) is 77.4 cm³/mol. The monoisotopic (exact) mass is 273 g/mol. The van der Waals surface area contributed by atoms with Crippen LogP contribution >= 0.6 is 0 Å². The normalized spacial score (nSPS) is 11.4. The van der Waals surface area contributed by atoms with Gasteiger partial charge < -0.3 is 15.2 Å². The van der Waals surface area contributed by atoms with Crippen LogP contribution in [0.25, 0.3) is 0 Å². The molecule has 0 atom stereocenters. The van der Waals surface area contributed by atoms with Crippen LogP contribution in [0, 0.1) is 6.92 Å². The van der Waals surface area contributed by atoms with E-state index >= 15 is 0 Å². The third-order valence-electron chi connectivity index (χ3n) is 2.75. The third-order valence-corrected chi connectivity index (χ3v) is 2.75. The summed E-state index contributed by atoms with van der Waals surface area (Å²) in [4.78, 5) is 8.27. The maximum atomic E-state index is 5.03. The maximum Gasteiger partial charge on any atom is 0.246 e. The van der Waals surface area contributed by atoms with Crippen LogP contribution in [0.2, 0.25) is 0 Å². The minimum atomic E-state index is 0.464. The number of aryl methyl sites for hydroxylation is 1. The van der Waals surface area contributed by atoms with Crippen molar-refractivity contribution in [2.45, 2.75) is 19.9 Å². The number of nitrogens with one attached hydrogen (secondary N) is 2. The first kappa shape index (κ1) is 14.0. The molecule has 6 heteroatoms. The molecule has 1 aromatic heterocycles. The van der Waals surface area contributed by atoms with Crippen molar-refractivity contribution >= 4 is 5.96 Å². The number of benzene rings is 1. The van der Waals surface area contributed by atoms with E-state index < -0.39 is 0 Å². The van der Waals surface area contributed by atoms with Crippen molar-refractivity contribution in [3.05, 3.63) is 47.6 Å². The van der Waals surface area contributed by atoms with E-state index in [1.807, 2.05) is 18.2 Å². The van der Waals surface area contributed by atoms with E-state index in [0.29, 0.717) is 18.3 Å². The first-order valence-corrected chi connectivity index (χ1v) is 6.55. The number of nitrogens with zero attached hydrogens (tertiary/aromatic N) is 3. The number of rotatable bonds is 5. The third kappa shape index (κ3) is 4.38. The largest absolute Gasteiger partial charge is 0.356 e. The number of hydrogen-bond donors (Lipinski definition) is 2.